The molecule has 0 aromatic heterocycles. The Hall–Kier alpha value is -0.670. The number of ether oxygens (including phenoxy) is 1. The molecule has 0 aliphatic carbocycles. The first-order valence-corrected chi connectivity index (χ1v) is 6.75. The second-order valence-electron chi connectivity index (χ2n) is 3.77. The topological polar surface area (TPSA) is 21.3 Å². The molecule has 0 saturated carbocycles. The fraction of sp³-hybridized carbons (Fsp3) is 0.538. The molecule has 0 aliphatic rings. The van der Waals surface area contributed by atoms with Crippen molar-refractivity contribution in [3.8, 4) is 5.75 Å². The maximum Gasteiger partial charge on any atom is 0.119 e. The first kappa shape index (κ1) is 13.4. The van der Waals surface area contributed by atoms with Crippen molar-refractivity contribution in [1.29, 1.82) is 0 Å². The average molecular weight is 239 g/mol. The number of methoxy groups -OCH3 is 1. The third kappa shape index (κ3) is 4.90. The summed E-state index contributed by atoms with van der Waals surface area (Å²) >= 11 is 1.88. The van der Waals surface area contributed by atoms with E-state index in [-0.39, 0.29) is 0 Å². The Morgan fingerprint density at radius 1 is 1.44 bits per heavy atom. The molecule has 0 saturated heterocycles. The average Bonchev–Trinajstić information content (AvgIpc) is 2.30. The molecule has 0 amide bonds. The van der Waals surface area contributed by atoms with E-state index in [0.29, 0.717) is 6.04 Å². The molecule has 16 heavy (non-hydrogen) atoms. The summed E-state index contributed by atoms with van der Waals surface area (Å²) < 4.78 is 5.20. The lowest BCUT2D eigenvalue weighted by Crippen LogP contribution is -2.25. The van der Waals surface area contributed by atoms with E-state index in [1.54, 1.807) is 7.11 Å². The lowest BCUT2D eigenvalue weighted by atomic mass is 10.3. The van der Waals surface area contributed by atoms with Gasteiger partial charge in [0.25, 0.3) is 0 Å². The van der Waals surface area contributed by atoms with Crippen molar-refractivity contribution in [3.63, 3.8) is 0 Å². The molecule has 1 aromatic rings. The van der Waals surface area contributed by atoms with Crippen LogP contribution in [0.4, 0.5) is 0 Å². The Morgan fingerprint density at radius 2 is 2.25 bits per heavy atom. The fourth-order valence-corrected chi connectivity index (χ4v) is 2.58. The van der Waals surface area contributed by atoms with Crippen LogP contribution < -0.4 is 10.1 Å². The van der Waals surface area contributed by atoms with Gasteiger partial charge in [0.05, 0.1) is 7.11 Å². The van der Waals surface area contributed by atoms with Gasteiger partial charge in [0.1, 0.15) is 5.75 Å². The van der Waals surface area contributed by atoms with Crippen molar-refractivity contribution in [2.75, 3.05) is 19.4 Å². The van der Waals surface area contributed by atoms with Crippen LogP contribution in [0.5, 0.6) is 5.75 Å². The largest absolute Gasteiger partial charge is 0.497 e. The number of rotatable bonds is 7. The van der Waals surface area contributed by atoms with Crippen molar-refractivity contribution in [2.45, 2.75) is 31.2 Å². The summed E-state index contributed by atoms with van der Waals surface area (Å²) in [6, 6.07) is 8.83. The number of hydrogen-bond acceptors (Lipinski definition) is 3. The van der Waals surface area contributed by atoms with Gasteiger partial charge in [-0.05, 0) is 43.8 Å². The lowest BCUT2D eigenvalue weighted by molar-refractivity contribution is 0.413. The number of hydrogen-bond donors (Lipinski definition) is 1. The van der Waals surface area contributed by atoms with E-state index in [1.807, 2.05) is 23.9 Å². The Morgan fingerprint density at radius 3 is 2.94 bits per heavy atom. The van der Waals surface area contributed by atoms with Crippen LogP contribution in [0.3, 0.4) is 0 Å². The maximum absolute atomic E-state index is 5.20. The second kappa shape index (κ2) is 7.58. The number of nitrogens with one attached hydrogen (secondary N) is 1. The van der Waals surface area contributed by atoms with Gasteiger partial charge in [-0.25, -0.2) is 0 Å². The van der Waals surface area contributed by atoms with Crippen molar-refractivity contribution in [2.24, 2.45) is 0 Å². The SMILES string of the molecule is CCNC(C)CCSc1cccc(OC)c1. The van der Waals surface area contributed by atoms with Gasteiger partial charge in [0, 0.05) is 10.9 Å². The Bertz CT molecular complexity index is 304. The van der Waals surface area contributed by atoms with E-state index < -0.39 is 0 Å². The van der Waals surface area contributed by atoms with E-state index in [2.05, 4.69) is 31.3 Å². The van der Waals surface area contributed by atoms with Crippen molar-refractivity contribution in [1.82, 2.24) is 5.32 Å². The molecule has 1 unspecified atom stereocenters. The minimum atomic E-state index is 0.600. The molecule has 0 fully saturated rings. The summed E-state index contributed by atoms with van der Waals surface area (Å²) in [7, 11) is 1.71. The van der Waals surface area contributed by atoms with Gasteiger partial charge in [-0.3, -0.25) is 0 Å². The van der Waals surface area contributed by atoms with E-state index in [0.717, 1.165) is 18.0 Å². The van der Waals surface area contributed by atoms with Crippen LogP contribution in [0.25, 0.3) is 0 Å². The monoisotopic (exact) mass is 239 g/mol. The van der Waals surface area contributed by atoms with Crippen molar-refractivity contribution in [3.05, 3.63) is 24.3 Å². The van der Waals surface area contributed by atoms with Crippen LogP contribution in [0.15, 0.2) is 29.2 Å². The Labute approximate surface area is 103 Å². The molecule has 0 bridgehead atoms. The fourth-order valence-electron chi connectivity index (χ4n) is 1.50. The predicted molar refractivity (Wildman–Crippen MR) is 71.5 cm³/mol. The highest BCUT2D eigenvalue weighted by Crippen LogP contribution is 2.23. The molecule has 1 atom stereocenters. The molecule has 0 heterocycles. The van der Waals surface area contributed by atoms with E-state index in [1.165, 1.54) is 11.3 Å². The van der Waals surface area contributed by atoms with Gasteiger partial charge in [-0.1, -0.05) is 13.0 Å². The first-order chi connectivity index (χ1) is 7.76. The van der Waals surface area contributed by atoms with Gasteiger partial charge < -0.3 is 10.1 Å². The standard InChI is InChI=1S/C13H21NOS/c1-4-14-11(2)8-9-16-13-7-5-6-12(10-13)15-3/h5-7,10-11,14H,4,8-9H2,1-3H3. The molecule has 2 nitrogen and oxygen atoms in total. The summed E-state index contributed by atoms with van der Waals surface area (Å²) in [5, 5.41) is 3.42. The molecular formula is C13H21NOS. The predicted octanol–water partition coefficient (Wildman–Crippen LogP) is 3.18. The number of benzene rings is 1. The highest BCUT2D eigenvalue weighted by molar-refractivity contribution is 7.99. The highest BCUT2D eigenvalue weighted by Gasteiger charge is 2.01. The summed E-state index contributed by atoms with van der Waals surface area (Å²) in [6.07, 6.45) is 1.19. The van der Waals surface area contributed by atoms with Crippen LogP contribution >= 0.6 is 11.8 Å². The van der Waals surface area contributed by atoms with E-state index in [9.17, 15) is 0 Å². The van der Waals surface area contributed by atoms with Crippen LogP contribution in [0.1, 0.15) is 20.3 Å². The summed E-state index contributed by atoms with van der Waals surface area (Å²) in [6.45, 7) is 5.42. The Balaban J connectivity index is 2.31. The van der Waals surface area contributed by atoms with E-state index >= 15 is 0 Å². The third-order valence-corrected chi connectivity index (χ3v) is 3.44. The molecule has 0 spiro atoms. The summed E-state index contributed by atoms with van der Waals surface area (Å²) in [4.78, 5) is 1.28. The zero-order valence-electron chi connectivity index (χ0n) is 10.3. The summed E-state index contributed by atoms with van der Waals surface area (Å²) in [5.41, 5.74) is 0. The second-order valence-corrected chi connectivity index (χ2v) is 4.94. The zero-order chi connectivity index (χ0) is 11.8. The quantitative estimate of drug-likeness (QED) is 0.738. The molecule has 3 heteroatoms. The van der Waals surface area contributed by atoms with Gasteiger partial charge in [-0.15, -0.1) is 11.8 Å². The molecule has 0 radical (unpaired) electrons. The summed E-state index contributed by atoms with van der Waals surface area (Å²) in [5.74, 6) is 2.08. The zero-order valence-corrected chi connectivity index (χ0v) is 11.1. The van der Waals surface area contributed by atoms with Gasteiger partial charge in [0.2, 0.25) is 0 Å². The van der Waals surface area contributed by atoms with Crippen molar-refractivity contribution >= 4 is 11.8 Å². The highest BCUT2D eigenvalue weighted by atomic mass is 32.2. The van der Waals surface area contributed by atoms with Crippen LogP contribution in [0, 0.1) is 0 Å². The van der Waals surface area contributed by atoms with E-state index in [4.69, 9.17) is 4.74 Å². The van der Waals surface area contributed by atoms with Gasteiger partial charge in [-0.2, -0.15) is 0 Å². The van der Waals surface area contributed by atoms with Crippen molar-refractivity contribution < 1.29 is 4.74 Å². The molecule has 90 valence electrons. The lowest BCUT2D eigenvalue weighted by Gasteiger charge is -2.11. The minimum Gasteiger partial charge on any atom is -0.497 e. The van der Waals surface area contributed by atoms with Crippen LogP contribution in [0.2, 0.25) is 0 Å². The Kier molecular flexibility index (Phi) is 6.34. The molecule has 1 rings (SSSR count). The minimum absolute atomic E-state index is 0.600. The molecule has 1 aromatic carbocycles. The van der Waals surface area contributed by atoms with Gasteiger partial charge >= 0.3 is 0 Å². The normalized spacial score (nSPS) is 12.4. The van der Waals surface area contributed by atoms with Crippen LogP contribution in [-0.2, 0) is 0 Å². The molecule has 0 aliphatic heterocycles. The third-order valence-electron chi connectivity index (χ3n) is 2.41. The maximum atomic E-state index is 5.20. The molecular weight excluding hydrogens is 218 g/mol. The first-order valence-electron chi connectivity index (χ1n) is 5.76. The van der Waals surface area contributed by atoms with Gasteiger partial charge in [0.15, 0.2) is 0 Å². The van der Waals surface area contributed by atoms with Crippen LogP contribution in [-0.4, -0.2) is 25.4 Å². The molecule has 1 N–H and O–H groups in total. The smallest absolute Gasteiger partial charge is 0.119 e. The number of thioether (sulfide) groups is 1.